The number of anilines is 1. The molecule has 0 bridgehead atoms. The highest BCUT2D eigenvalue weighted by molar-refractivity contribution is 9.10. The lowest BCUT2D eigenvalue weighted by Crippen LogP contribution is -2.20. The van der Waals surface area contributed by atoms with Gasteiger partial charge in [-0.2, -0.15) is 0 Å². The number of carbonyl (C=O) groups excluding carboxylic acids is 1. The smallest absolute Gasteiger partial charge is 0.226 e. The second-order valence-electron chi connectivity index (χ2n) is 4.65. The molecule has 0 fully saturated rings. The maximum Gasteiger partial charge on any atom is 0.226 e. The van der Waals surface area contributed by atoms with Crippen molar-refractivity contribution in [3.8, 4) is 0 Å². The Hall–Kier alpha value is -0.900. The van der Waals surface area contributed by atoms with Gasteiger partial charge in [0.05, 0.1) is 0 Å². The third kappa shape index (κ3) is 4.93. The van der Waals surface area contributed by atoms with E-state index < -0.39 is 0 Å². The molecule has 82 valence electrons. The minimum Gasteiger partial charge on any atom is -0.311 e. The summed E-state index contributed by atoms with van der Waals surface area (Å²) in [5.74, 6) is 0.588. The van der Waals surface area contributed by atoms with E-state index in [4.69, 9.17) is 0 Å². The van der Waals surface area contributed by atoms with Crippen LogP contribution in [-0.4, -0.2) is 10.9 Å². The predicted molar refractivity (Wildman–Crippen MR) is 64.6 cm³/mol. The quantitative estimate of drug-likeness (QED) is 0.897. The molecule has 15 heavy (non-hydrogen) atoms. The molecule has 0 spiro atoms. The van der Waals surface area contributed by atoms with E-state index in [9.17, 15) is 4.79 Å². The van der Waals surface area contributed by atoms with Gasteiger partial charge in [-0.1, -0.05) is 20.8 Å². The maximum absolute atomic E-state index is 11.6. The Kier molecular flexibility index (Phi) is 3.85. The Balaban J connectivity index is 2.55. The third-order valence-electron chi connectivity index (χ3n) is 1.69. The Morgan fingerprint density at radius 3 is 2.60 bits per heavy atom. The van der Waals surface area contributed by atoms with Crippen molar-refractivity contribution >= 4 is 27.7 Å². The summed E-state index contributed by atoms with van der Waals surface area (Å²) in [6.07, 6.45) is 2.15. The van der Waals surface area contributed by atoms with Gasteiger partial charge in [-0.15, -0.1) is 0 Å². The number of hydrogen-bond acceptors (Lipinski definition) is 2. The fraction of sp³-hybridized carbons (Fsp3) is 0.455. The van der Waals surface area contributed by atoms with Crippen LogP contribution in [0, 0.1) is 5.41 Å². The van der Waals surface area contributed by atoms with Crippen LogP contribution in [-0.2, 0) is 4.79 Å². The summed E-state index contributed by atoms with van der Waals surface area (Å²) in [5, 5.41) is 2.75. The van der Waals surface area contributed by atoms with Crippen molar-refractivity contribution in [3.05, 3.63) is 22.8 Å². The molecule has 0 aliphatic rings. The summed E-state index contributed by atoms with van der Waals surface area (Å²) in [7, 11) is 0. The van der Waals surface area contributed by atoms with Crippen LogP contribution in [0.4, 0.5) is 5.82 Å². The normalized spacial score (nSPS) is 11.2. The second kappa shape index (κ2) is 4.75. The molecule has 0 saturated carbocycles. The van der Waals surface area contributed by atoms with E-state index in [1.54, 1.807) is 12.3 Å². The molecule has 0 aliphatic carbocycles. The molecule has 3 nitrogen and oxygen atoms in total. The molecule has 0 unspecified atom stereocenters. The third-order valence-corrected chi connectivity index (χ3v) is 2.15. The van der Waals surface area contributed by atoms with Gasteiger partial charge in [0.25, 0.3) is 0 Å². The molecule has 0 saturated heterocycles. The maximum atomic E-state index is 11.6. The van der Waals surface area contributed by atoms with E-state index in [1.807, 2.05) is 26.8 Å². The average molecular weight is 271 g/mol. The number of carbonyl (C=O) groups is 1. The van der Waals surface area contributed by atoms with Gasteiger partial charge in [-0.05, 0) is 33.5 Å². The van der Waals surface area contributed by atoms with E-state index in [0.717, 1.165) is 4.47 Å². The average Bonchev–Trinajstić information content (AvgIpc) is 2.05. The Morgan fingerprint density at radius 1 is 1.47 bits per heavy atom. The molecule has 0 aromatic carbocycles. The molecule has 1 amide bonds. The number of hydrogen-bond donors (Lipinski definition) is 1. The first-order valence-electron chi connectivity index (χ1n) is 4.78. The molecular formula is C11H15BrN2O. The minimum atomic E-state index is -0.00248. The Morgan fingerprint density at radius 2 is 2.13 bits per heavy atom. The van der Waals surface area contributed by atoms with Crippen molar-refractivity contribution in [2.45, 2.75) is 27.2 Å². The summed E-state index contributed by atoms with van der Waals surface area (Å²) < 4.78 is 0.899. The molecule has 1 rings (SSSR count). The first-order chi connectivity index (χ1) is 6.87. The molecule has 1 heterocycles. The van der Waals surface area contributed by atoms with Crippen LogP contribution in [0.15, 0.2) is 22.8 Å². The van der Waals surface area contributed by atoms with Gasteiger partial charge in [0, 0.05) is 17.1 Å². The molecule has 0 radical (unpaired) electrons. The Labute approximate surface area is 98.4 Å². The van der Waals surface area contributed by atoms with E-state index in [1.165, 1.54) is 0 Å². The summed E-state index contributed by atoms with van der Waals surface area (Å²) in [6.45, 7) is 6.09. The highest BCUT2D eigenvalue weighted by atomic mass is 79.9. The van der Waals surface area contributed by atoms with Crippen molar-refractivity contribution in [3.63, 3.8) is 0 Å². The number of aromatic nitrogens is 1. The number of halogens is 1. The van der Waals surface area contributed by atoms with Gasteiger partial charge in [0.15, 0.2) is 0 Å². The van der Waals surface area contributed by atoms with Crippen LogP contribution in [0.5, 0.6) is 0 Å². The fourth-order valence-electron chi connectivity index (χ4n) is 1.12. The van der Waals surface area contributed by atoms with Crippen LogP contribution in [0.3, 0.4) is 0 Å². The van der Waals surface area contributed by atoms with Crippen molar-refractivity contribution < 1.29 is 4.79 Å². The molecular weight excluding hydrogens is 256 g/mol. The topological polar surface area (TPSA) is 42.0 Å². The molecule has 1 N–H and O–H groups in total. The molecule has 0 atom stereocenters. The van der Waals surface area contributed by atoms with Gasteiger partial charge >= 0.3 is 0 Å². The lowest BCUT2D eigenvalue weighted by atomic mass is 9.92. The zero-order valence-electron chi connectivity index (χ0n) is 9.17. The van der Waals surface area contributed by atoms with Crippen molar-refractivity contribution in [2.24, 2.45) is 5.41 Å². The van der Waals surface area contributed by atoms with Crippen molar-refractivity contribution in [1.82, 2.24) is 4.98 Å². The number of pyridine rings is 1. The van der Waals surface area contributed by atoms with Crippen LogP contribution < -0.4 is 5.32 Å². The largest absolute Gasteiger partial charge is 0.311 e. The molecule has 0 aliphatic heterocycles. The Bertz CT molecular complexity index is 341. The van der Waals surface area contributed by atoms with Gasteiger partial charge < -0.3 is 5.32 Å². The van der Waals surface area contributed by atoms with Crippen LogP contribution in [0.25, 0.3) is 0 Å². The number of amides is 1. The van der Waals surface area contributed by atoms with E-state index >= 15 is 0 Å². The fourth-order valence-corrected chi connectivity index (χ4v) is 1.35. The van der Waals surface area contributed by atoms with Crippen molar-refractivity contribution in [2.75, 3.05) is 5.32 Å². The van der Waals surface area contributed by atoms with Crippen LogP contribution in [0.1, 0.15) is 27.2 Å². The zero-order chi connectivity index (χ0) is 11.5. The SMILES string of the molecule is CC(C)(C)CC(=O)Nc1ccc(Br)cn1. The van der Waals surface area contributed by atoms with E-state index in [2.05, 4.69) is 26.2 Å². The summed E-state index contributed by atoms with van der Waals surface area (Å²) in [5.41, 5.74) is -0.000549. The zero-order valence-corrected chi connectivity index (χ0v) is 10.8. The first-order valence-corrected chi connectivity index (χ1v) is 5.57. The number of nitrogens with zero attached hydrogens (tertiary/aromatic N) is 1. The lowest BCUT2D eigenvalue weighted by Gasteiger charge is -2.16. The van der Waals surface area contributed by atoms with Crippen LogP contribution >= 0.6 is 15.9 Å². The lowest BCUT2D eigenvalue weighted by molar-refractivity contribution is -0.117. The standard InChI is InChI=1S/C11H15BrN2O/c1-11(2,3)6-10(15)14-9-5-4-8(12)7-13-9/h4-5,7H,6H2,1-3H3,(H,13,14,15). The van der Waals surface area contributed by atoms with Gasteiger partial charge in [-0.3, -0.25) is 4.79 Å². The summed E-state index contributed by atoms with van der Waals surface area (Å²) in [6, 6.07) is 3.62. The highest BCUT2D eigenvalue weighted by Gasteiger charge is 2.15. The van der Waals surface area contributed by atoms with E-state index in [-0.39, 0.29) is 11.3 Å². The minimum absolute atomic E-state index is 0.000549. The van der Waals surface area contributed by atoms with Gasteiger partial charge in [0.2, 0.25) is 5.91 Å². The van der Waals surface area contributed by atoms with Gasteiger partial charge in [0.1, 0.15) is 5.82 Å². The van der Waals surface area contributed by atoms with Gasteiger partial charge in [-0.25, -0.2) is 4.98 Å². The molecule has 1 aromatic rings. The van der Waals surface area contributed by atoms with Crippen LogP contribution in [0.2, 0.25) is 0 Å². The monoisotopic (exact) mass is 270 g/mol. The predicted octanol–water partition coefficient (Wildman–Crippen LogP) is 3.22. The molecule has 1 aromatic heterocycles. The highest BCUT2D eigenvalue weighted by Crippen LogP contribution is 2.19. The van der Waals surface area contributed by atoms with E-state index in [0.29, 0.717) is 12.2 Å². The molecule has 4 heteroatoms. The first kappa shape index (κ1) is 12.2. The number of nitrogens with one attached hydrogen (secondary N) is 1. The summed E-state index contributed by atoms with van der Waals surface area (Å²) in [4.78, 5) is 15.6. The summed E-state index contributed by atoms with van der Waals surface area (Å²) >= 11 is 3.29. The van der Waals surface area contributed by atoms with Crippen molar-refractivity contribution in [1.29, 1.82) is 0 Å². The number of rotatable bonds is 2. The second-order valence-corrected chi connectivity index (χ2v) is 5.56.